The SMILES string of the molecule is Cc1ccc(O[Si](C)(C)C(C)(C)C)c(C(C)(C)C)c1. The predicted octanol–water partition coefficient (Wildman–Crippen LogP) is 5.68. The standard InChI is InChI=1S/C17H30OSi/c1-13-10-11-15(14(12-13)16(2,3)4)18-19(8,9)17(5,6)7/h10-12H,1-9H3. The molecule has 0 saturated carbocycles. The van der Waals surface area contributed by atoms with Gasteiger partial charge in [0.25, 0.3) is 0 Å². The second-order valence-electron chi connectivity index (χ2n) is 8.11. The zero-order valence-electron chi connectivity index (χ0n) is 14.1. The van der Waals surface area contributed by atoms with Gasteiger partial charge in [-0.25, -0.2) is 0 Å². The summed E-state index contributed by atoms with van der Waals surface area (Å²) in [6, 6.07) is 6.57. The van der Waals surface area contributed by atoms with Crippen molar-refractivity contribution in [3.63, 3.8) is 0 Å². The second kappa shape index (κ2) is 4.97. The molecule has 1 aromatic rings. The topological polar surface area (TPSA) is 9.23 Å². The van der Waals surface area contributed by atoms with E-state index in [0.29, 0.717) is 0 Å². The van der Waals surface area contributed by atoms with Crippen molar-refractivity contribution in [3.05, 3.63) is 29.3 Å². The summed E-state index contributed by atoms with van der Waals surface area (Å²) in [5.74, 6) is 1.07. The molecule has 0 aromatic heterocycles. The van der Waals surface area contributed by atoms with Gasteiger partial charge >= 0.3 is 0 Å². The molecule has 0 aliphatic rings. The Labute approximate surface area is 120 Å². The summed E-state index contributed by atoms with van der Waals surface area (Å²) in [5, 5.41) is 0.229. The first kappa shape index (κ1) is 16.3. The van der Waals surface area contributed by atoms with Crippen LogP contribution in [0.25, 0.3) is 0 Å². The smallest absolute Gasteiger partial charge is 0.250 e. The van der Waals surface area contributed by atoms with E-state index in [0.717, 1.165) is 5.75 Å². The molecule has 0 saturated heterocycles. The van der Waals surface area contributed by atoms with E-state index < -0.39 is 8.32 Å². The lowest BCUT2D eigenvalue weighted by molar-refractivity contribution is 0.468. The minimum atomic E-state index is -1.77. The zero-order valence-corrected chi connectivity index (χ0v) is 15.1. The molecule has 0 unspecified atom stereocenters. The summed E-state index contributed by atoms with van der Waals surface area (Å²) in [5.41, 5.74) is 2.73. The normalized spacial score (nSPS) is 13.5. The van der Waals surface area contributed by atoms with Gasteiger partial charge in [0.2, 0.25) is 8.32 Å². The van der Waals surface area contributed by atoms with Crippen LogP contribution in [0.3, 0.4) is 0 Å². The maximum Gasteiger partial charge on any atom is 0.250 e. The molecule has 1 nitrogen and oxygen atoms in total. The average Bonchev–Trinajstić information content (AvgIpc) is 2.17. The van der Waals surface area contributed by atoms with Gasteiger partial charge in [0, 0.05) is 0 Å². The first-order valence-corrected chi connectivity index (χ1v) is 10.1. The predicted molar refractivity (Wildman–Crippen MR) is 87.7 cm³/mol. The third kappa shape index (κ3) is 3.85. The summed E-state index contributed by atoms with van der Waals surface area (Å²) >= 11 is 0. The lowest BCUT2D eigenvalue weighted by Gasteiger charge is -2.38. The van der Waals surface area contributed by atoms with Gasteiger partial charge in [-0.3, -0.25) is 0 Å². The van der Waals surface area contributed by atoms with E-state index in [9.17, 15) is 0 Å². The highest BCUT2D eigenvalue weighted by atomic mass is 28.4. The van der Waals surface area contributed by atoms with Crippen LogP contribution in [-0.4, -0.2) is 8.32 Å². The Bertz CT molecular complexity index is 447. The lowest BCUT2D eigenvalue weighted by Crippen LogP contribution is -2.44. The van der Waals surface area contributed by atoms with Crippen LogP contribution in [0.15, 0.2) is 18.2 Å². The molecule has 19 heavy (non-hydrogen) atoms. The Morgan fingerprint density at radius 3 is 1.89 bits per heavy atom. The van der Waals surface area contributed by atoms with E-state index in [1.807, 2.05) is 0 Å². The van der Waals surface area contributed by atoms with Gasteiger partial charge in [0.1, 0.15) is 5.75 Å². The molecule has 0 fully saturated rings. The van der Waals surface area contributed by atoms with Crippen LogP contribution >= 0.6 is 0 Å². The first-order chi connectivity index (χ1) is 8.34. The fourth-order valence-electron chi connectivity index (χ4n) is 1.75. The summed E-state index contributed by atoms with van der Waals surface area (Å²) < 4.78 is 6.52. The fraction of sp³-hybridized carbons (Fsp3) is 0.647. The van der Waals surface area contributed by atoms with Gasteiger partial charge in [-0.2, -0.15) is 0 Å². The van der Waals surface area contributed by atoms with Crippen molar-refractivity contribution in [2.45, 2.75) is 72.0 Å². The quantitative estimate of drug-likeness (QED) is 0.633. The minimum absolute atomic E-state index is 0.115. The third-order valence-electron chi connectivity index (χ3n) is 4.11. The first-order valence-electron chi connectivity index (χ1n) is 7.15. The van der Waals surface area contributed by atoms with E-state index in [1.54, 1.807) is 0 Å². The maximum atomic E-state index is 6.52. The molecule has 1 rings (SSSR count). The molecule has 0 aliphatic heterocycles. The van der Waals surface area contributed by atoms with Gasteiger partial charge in [-0.1, -0.05) is 59.2 Å². The third-order valence-corrected chi connectivity index (χ3v) is 8.46. The molecule has 0 spiro atoms. The van der Waals surface area contributed by atoms with Crippen LogP contribution in [-0.2, 0) is 5.41 Å². The van der Waals surface area contributed by atoms with Crippen LogP contribution in [0.5, 0.6) is 5.75 Å². The van der Waals surface area contributed by atoms with Crippen molar-refractivity contribution in [3.8, 4) is 5.75 Å². The van der Waals surface area contributed by atoms with Crippen molar-refractivity contribution in [2.24, 2.45) is 0 Å². The van der Waals surface area contributed by atoms with Crippen LogP contribution in [0, 0.1) is 6.92 Å². The largest absolute Gasteiger partial charge is 0.543 e. The van der Waals surface area contributed by atoms with Crippen molar-refractivity contribution >= 4 is 8.32 Å². The van der Waals surface area contributed by atoms with Crippen molar-refractivity contribution in [1.29, 1.82) is 0 Å². The van der Waals surface area contributed by atoms with Crippen LogP contribution < -0.4 is 4.43 Å². The molecule has 0 bridgehead atoms. The molecule has 0 radical (unpaired) electrons. The molecule has 0 N–H and O–H groups in total. The highest BCUT2D eigenvalue weighted by Gasteiger charge is 2.39. The Hall–Kier alpha value is -0.763. The Balaban J connectivity index is 3.23. The Morgan fingerprint density at radius 2 is 1.47 bits per heavy atom. The summed E-state index contributed by atoms with van der Waals surface area (Å²) in [6.07, 6.45) is 0. The number of benzene rings is 1. The zero-order chi connectivity index (χ0) is 15.1. The highest BCUT2D eigenvalue weighted by Crippen LogP contribution is 2.40. The molecular formula is C17H30OSi. The maximum absolute atomic E-state index is 6.52. The van der Waals surface area contributed by atoms with Gasteiger partial charge in [0.15, 0.2) is 0 Å². The molecule has 0 atom stereocenters. The summed E-state index contributed by atoms with van der Waals surface area (Å²) in [4.78, 5) is 0. The van der Waals surface area contributed by atoms with E-state index in [1.165, 1.54) is 11.1 Å². The Morgan fingerprint density at radius 1 is 0.947 bits per heavy atom. The van der Waals surface area contributed by atoms with Gasteiger partial charge < -0.3 is 4.43 Å². The summed E-state index contributed by atoms with van der Waals surface area (Å²) in [6.45, 7) is 20.4. The van der Waals surface area contributed by atoms with Gasteiger partial charge in [0.05, 0.1) is 0 Å². The van der Waals surface area contributed by atoms with E-state index in [-0.39, 0.29) is 10.5 Å². The number of aryl methyl sites for hydroxylation is 1. The number of hydrogen-bond donors (Lipinski definition) is 0. The second-order valence-corrected chi connectivity index (χ2v) is 12.8. The van der Waals surface area contributed by atoms with Gasteiger partial charge in [-0.05, 0) is 42.1 Å². The number of hydrogen-bond acceptors (Lipinski definition) is 1. The number of rotatable bonds is 2. The van der Waals surface area contributed by atoms with E-state index in [2.05, 4.69) is 79.8 Å². The van der Waals surface area contributed by atoms with Crippen LogP contribution in [0.1, 0.15) is 52.7 Å². The van der Waals surface area contributed by atoms with Crippen LogP contribution in [0.4, 0.5) is 0 Å². The molecule has 0 aliphatic carbocycles. The molecule has 0 heterocycles. The monoisotopic (exact) mass is 278 g/mol. The molecule has 108 valence electrons. The van der Waals surface area contributed by atoms with E-state index in [4.69, 9.17) is 4.43 Å². The Kier molecular flexibility index (Phi) is 4.26. The molecular weight excluding hydrogens is 248 g/mol. The lowest BCUT2D eigenvalue weighted by atomic mass is 9.85. The fourth-order valence-corrected chi connectivity index (χ4v) is 2.78. The molecule has 1 aromatic carbocycles. The minimum Gasteiger partial charge on any atom is -0.543 e. The van der Waals surface area contributed by atoms with Crippen molar-refractivity contribution in [2.75, 3.05) is 0 Å². The van der Waals surface area contributed by atoms with E-state index >= 15 is 0 Å². The van der Waals surface area contributed by atoms with Gasteiger partial charge in [-0.15, -0.1) is 0 Å². The van der Waals surface area contributed by atoms with Crippen LogP contribution in [0.2, 0.25) is 18.1 Å². The average molecular weight is 279 g/mol. The molecule has 0 amide bonds. The van der Waals surface area contributed by atoms with Crippen molar-refractivity contribution < 1.29 is 4.43 Å². The molecule has 2 heteroatoms. The van der Waals surface area contributed by atoms with Crippen molar-refractivity contribution in [1.82, 2.24) is 0 Å². The highest BCUT2D eigenvalue weighted by molar-refractivity contribution is 6.74. The summed E-state index contributed by atoms with van der Waals surface area (Å²) in [7, 11) is -1.77.